The molecule has 0 saturated heterocycles. The van der Waals surface area contributed by atoms with E-state index in [9.17, 15) is 9.59 Å². The molecule has 0 fully saturated rings. The van der Waals surface area contributed by atoms with E-state index in [2.05, 4.69) is 31.5 Å². The summed E-state index contributed by atoms with van der Waals surface area (Å²) in [5.74, 6) is 1.02. The highest BCUT2D eigenvalue weighted by molar-refractivity contribution is 9.10. The van der Waals surface area contributed by atoms with Gasteiger partial charge in [-0.2, -0.15) is 0 Å². The summed E-state index contributed by atoms with van der Waals surface area (Å²) < 4.78 is 11.2. The zero-order valence-corrected chi connectivity index (χ0v) is 16.9. The fourth-order valence-corrected chi connectivity index (χ4v) is 2.51. The number of amides is 2. The quantitative estimate of drug-likeness (QED) is 0.659. The number of pyridine rings is 1. The van der Waals surface area contributed by atoms with Gasteiger partial charge in [-0.15, -0.1) is 0 Å². The molecule has 0 atom stereocenters. The van der Waals surface area contributed by atoms with Gasteiger partial charge in [0, 0.05) is 16.7 Å². The van der Waals surface area contributed by atoms with E-state index >= 15 is 0 Å². The monoisotopic (exact) mass is 436 g/mol. The summed E-state index contributed by atoms with van der Waals surface area (Å²) in [4.78, 5) is 30.0. The van der Waals surface area contributed by atoms with Gasteiger partial charge in [-0.25, -0.2) is 4.98 Å². The molecule has 0 unspecified atom stereocenters. The molecule has 144 valence electrons. The Balaban J connectivity index is 1.88. The van der Waals surface area contributed by atoms with Crippen LogP contribution in [0.5, 0.6) is 11.5 Å². The van der Waals surface area contributed by atoms with Gasteiger partial charge in [-0.1, -0.05) is 0 Å². The number of rotatable bonds is 8. The van der Waals surface area contributed by atoms with E-state index in [0.717, 1.165) is 4.47 Å². The van der Waals surface area contributed by atoms with Gasteiger partial charge in [0.25, 0.3) is 0 Å². The van der Waals surface area contributed by atoms with E-state index in [1.165, 1.54) is 7.11 Å². The summed E-state index contributed by atoms with van der Waals surface area (Å²) in [6, 6.07) is 8.58. The second-order valence-electron chi connectivity index (χ2n) is 5.70. The standard InChI is InChI=1S/C18H21BrN4O4/c1-23(11-18(25)22-16-7-4-12(19)9-20-16)10-17(24)21-14-8-13(26-2)5-6-15(14)27-3/h4-9H,10-11H2,1-3H3,(H,21,24)(H,20,22,25). The van der Waals surface area contributed by atoms with Crippen LogP contribution in [0.4, 0.5) is 11.5 Å². The Bertz CT molecular complexity index is 798. The van der Waals surface area contributed by atoms with Gasteiger partial charge in [0.1, 0.15) is 17.3 Å². The fraction of sp³-hybridized carbons (Fsp3) is 0.278. The average Bonchev–Trinajstić information content (AvgIpc) is 2.63. The zero-order valence-electron chi connectivity index (χ0n) is 15.3. The van der Waals surface area contributed by atoms with E-state index < -0.39 is 0 Å². The molecule has 2 N–H and O–H groups in total. The lowest BCUT2D eigenvalue weighted by Crippen LogP contribution is -2.36. The molecule has 0 aliphatic rings. The molecule has 1 aromatic carbocycles. The molecule has 1 heterocycles. The van der Waals surface area contributed by atoms with Crippen molar-refractivity contribution in [1.82, 2.24) is 9.88 Å². The number of anilines is 2. The van der Waals surface area contributed by atoms with Gasteiger partial charge in [-0.3, -0.25) is 14.5 Å². The van der Waals surface area contributed by atoms with Gasteiger partial charge in [0.05, 0.1) is 33.0 Å². The molecule has 9 heteroatoms. The first-order valence-electron chi connectivity index (χ1n) is 8.03. The van der Waals surface area contributed by atoms with Crippen molar-refractivity contribution >= 4 is 39.2 Å². The maximum Gasteiger partial charge on any atom is 0.239 e. The SMILES string of the molecule is COc1ccc(OC)c(NC(=O)CN(C)CC(=O)Nc2ccc(Br)cn2)c1. The van der Waals surface area contributed by atoms with Crippen LogP contribution in [0.25, 0.3) is 0 Å². The molecule has 2 rings (SSSR count). The van der Waals surface area contributed by atoms with Gasteiger partial charge in [0.15, 0.2) is 0 Å². The van der Waals surface area contributed by atoms with E-state index in [1.54, 1.807) is 55.6 Å². The predicted molar refractivity (Wildman–Crippen MR) is 106 cm³/mol. The van der Waals surface area contributed by atoms with Crippen LogP contribution < -0.4 is 20.1 Å². The number of likely N-dealkylation sites (N-methyl/N-ethyl adjacent to an activating group) is 1. The van der Waals surface area contributed by atoms with Crippen LogP contribution in [0.15, 0.2) is 41.0 Å². The number of ether oxygens (including phenoxy) is 2. The molecule has 0 spiro atoms. The van der Waals surface area contributed by atoms with Crippen LogP contribution >= 0.6 is 15.9 Å². The van der Waals surface area contributed by atoms with Crippen molar-refractivity contribution in [2.24, 2.45) is 0 Å². The van der Waals surface area contributed by atoms with E-state index in [-0.39, 0.29) is 24.9 Å². The van der Waals surface area contributed by atoms with Crippen molar-refractivity contribution in [3.63, 3.8) is 0 Å². The summed E-state index contributed by atoms with van der Waals surface area (Å²) in [7, 11) is 4.74. The number of hydrogen-bond acceptors (Lipinski definition) is 6. The summed E-state index contributed by atoms with van der Waals surface area (Å²) in [5, 5.41) is 5.44. The lowest BCUT2D eigenvalue weighted by molar-refractivity contribution is -0.119. The minimum atomic E-state index is -0.279. The van der Waals surface area contributed by atoms with Crippen LogP contribution in [-0.2, 0) is 9.59 Å². The number of nitrogens with zero attached hydrogens (tertiary/aromatic N) is 2. The number of halogens is 1. The van der Waals surface area contributed by atoms with Crippen LogP contribution in [-0.4, -0.2) is 56.1 Å². The maximum absolute atomic E-state index is 12.3. The van der Waals surface area contributed by atoms with Crippen LogP contribution in [0.3, 0.4) is 0 Å². The third kappa shape index (κ3) is 6.54. The van der Waals surface area contributed by atoms with Crippen LogP contribution in [0.2, 0.25) is 0 Å². The molecule has 0 aliphatic carbocycles. The van der Waals surface area contributed by atoms with E-state index in [4.69, 9.17) is 9.47 Å². The molecule has 0 saturated carbocycles. The normalized spacial score (nSPS) is 10.4. The van der Waals surface area contributed by atoms with Crippen molar-refractivity contribution in [2.45, 2.75) is 0 Å². The second kappa shape index (κ2) is 9.89. The highest BCUT2D eigenvalue weighted by atomic mass is 79.9. The summed E-state index contributed by atoms with van der Waals surface area (Å²) in [6.45, 7) is 0.0714. The molecule has 0 bridgehead atoms. The van der Waals surface area contributed by atoms with Crippen molar-refractivity contribution in [3.05, 3.63) is 41.0 Å². The zero-order chi connectivity index (χ0) is 19.8. The third-order valence-corrected chi connectivity index (χ3v) is 3.97. The molecular weight excluding hydrogens is 416 g/mol. The Morgan fingerprint density at radius 1 is 1.07 bits per heavy atom. The first-order valence-corrected chi connectivity index (χ1v) is 8.82. The van der Waals surface area contributed by atoms with Gasteiger partial charge >= 0.3 is 0 Å². The molecule has 27 heavy (non-hydrogen) atoms. The smallest absolute Gasteiger partial charge is 0.239 e. The number of nitrogens with one attached hydrogen (secondary N) is 2. The largest absolute Gasteiger partial charge is 0.497 e. The highest BCUT2D eigenvalue weighted by Gasteiger charge is 2.14. The fourth-order valence-electron chi connectivity index (χ4n) is 2.28. The topological polar surface area (TPSA) is 92.8 Å². The van der Waals surface area contributed by atoms with E-state index in [0.29, 0.717) is 23.0 Å². The number of carbonyl (C=O) groups is 2. The molecule has 8 nitrogen and oxygen atoms in total. The number of benzene rings is 1. The molecule has 2 aromatic rings. The van der Waals surface area contributed by atoms with Gasteiger partial charge in [-0.05, 0) is 47.2 Å². The molecule has 1 aromatic heterocycles. The Morgan fingerprint density at radius 2 is 1.78 bits per heavy atom. The molecule has 2 amide bonds. The summed E-state index contributed by atoms with van der Waals surface area (Å²) >= 11 is 3.28. The average molecular weight is 437 g/mol. The molecule has 0 aliphatic heterocycles. The Kier molecular flexibility index (Phi) is 7.56. The number of methoxy groups -OCH3 is 2. The minimum Gasteiger partial charge on any atom is -0.497 e. The van der Waals surface area contributed by atoms with Gasteiger partial charge < -0.3 is 20.1 Å². The van der Waals surface area contributed by atoms with Crippen molar-refractivity contribution < 1.29 is 19.1 Å². The molecule has 0 radical (unpaired) electrons. The van der Waals surface area contributed by atoms with Crippen LogP contribution in [0, 0.1) is 0 Å². The summed E-state index contributed by atoms with van der Waals surface area (Å²) in [6.07, 6.45) is 1.59. The van der Waals surface area contributed by atoms with E-state index in [1.807, 2.05) is 0 Å². The molecular formula is C18H21BrN4O4. The van der Waals surface area contributed by atoms with Crippen molar-refractivity contribution in [2.75, 3.05) is 45.0 Å². The number of aromatic nitrogens is 1. The maximum atomic E-state index is 12.3. The first-order chi connectivity index (χ1) is 12.9. The van der Waals surface area contributed by atoms with Crippen LogP contribution in [0.1, 0.15) is 0 Å². The third-order valence-electron chi connectivity index (χ3n) is 3.50. The lowest BCUT2D eigenvalue weighted by atomic mass is 10.2. The first kappa shape index (κ1) is 20.7. The highest BCUT2D eigenvalue weighted by Crippen LogP contribution is 2.28. The number of hydrogen-bond donors (Lipinski definition) is 2. The summed E-state index contributed by atoms with van der Waals surface area (Å²) in [5.41, 5.74) is 0.499. The lowest BCUT2D eigenvalue weighted by Gasteiger charge is -2.17. The Labute approximate surface area is 166 Å². The van der Waals surface area contributed by atoms with Gasteiger partial charge in [0.2, 0.25) is 11.8 Å². The minimum absolute atomic E-state index is 0.0293. The second-order valence-corrected chi connectivity index (χ2v) is 6.61. The Morgan fingerprint density at radius 3 is 2.37 bits per heavy atom. The number of carbonyl (C=O) groups excluding carboxylic acids is 2. The Hall–Kier alpha value is -2.65. The van der Waals surface area contributed by atoms with Crippen molar-refractivity contribution in [1.29, 1.82) is 0 Å². The van der Waals surface area contributed by atoms with Crippen molar-refractivity contribution in [3.8, 4) is 11.5 Å². The predicted octanol–water partition coefficient (Wildman–Crippen LogP) is 2.37.